The summed E-state index contributed by atoms with van der Waals surface area (Å²) in [6.07, 6.45) is 1.55. The lowest BCUT2D eigenvalue weighted by molar-refractivity contribution is -0.137. The number of halogens is 1. The van der Waals surface area contributed by atoms with Gasteiger partial charge < -0.3 is 10.0 Å². The number of carbonyl (C=O) groups is 1. The van der Waals surface area contributed by atoms with E-state index in [1.54, 1.807) is 12.1 Å². The summed E-state index contributed by atoms with van der Waals surface area (Å²) in [5, 5.41) is 8.61. The highest BCUT2D eigenvalue weighted by Crippen LogP contribution is 2.24. The molecule has 0 fully saturated rings. The van der Waals surface area contributed by atoms with E-state index in [9.17, 15) is 9.18 Å². The van der Waals surface area contributed by atoms with Gasteiger partial charge in [-0.25, -0.2) is 4.39 Å². The standard InChI is InChI=1S/C13H18FNO2/c1-15(2)12(4-3-5-13(16)17)10-6-8-11(14)9-7-10/h6-9,12H,3-5H2,1-2H3,(H,16,17). The molecule has 0 saturated carbocycles. The molecule has 1 aromatic carbocycles. The molecule has 17 heavy (non-hydrogen) atoms. The minimum atomic E-state index is -0.776. The van der Waals surface area contributed by atoms with Crippen molar-refractivity contribution in [1.29, 1.82) is 0 Å². The number of hydrogen-bond acceptors (Lipinski definition) is 2. The quantitative estimate of drug-likeness (QED) is 0.829. The molecule has 0 aliphatic carbocycles. The molecular formula is C13H18FNO2. The second-order valence-electron chi connectivity index (χ2n) is 4.32. The number of nitrogens with zero attached hydrogens (tertiary/aromatic N) is 1. The van der Waals surface area contributed by atoms with Crippen LogP contribution >= 0.6 is 0 Å². The number of hydrogen-bond donors (Lipinski definition) is 1. The zero-order valence-corrected chi connectivity index (χ0v) is 10.2. The molecule has 1 N–H and O–H groups in total. The molecule has 0 saturated heterocycles. The molecule has 0 radical (unpaired) electrons. The van der Waals surface area contributed by atoms with E-state index in [-0.39, 0.29) is 18.3 Å². The lowest BCUT2D eigenvalue weighted by atomic mass is 10.00. The molecule has 0 aromatic heterocycles. The summed E-state index contributed by atoms with van der Waals surface area (Å²) < 4.78 is 12.8. The average Bonchev–Trinajstić information content (AvgIpc) is 2.25. The van der Waals surface area contributed by atoms with Gasteiger partial charge in [0.2, 0.25) is 0 Å². The van der Waals surface area contributed by atoms with Crippen LogP contribution in [0.4, 0.5) is 4.39 Å². The molecule has 0 aliphatic heterocycles. The van der Waals surface area contributed by atoms with E-state index in [1.165, 1.54) is 12.1 Å². The van der Waals surface area contributed by atoms with Crippen LogP contribution in [0.3, 0.4) is 0 Å². The highest BCUT2D eigenvalue weighted by molar-refractivity contribution is 5.66. The van der Waals surface area contributed by atoms with Gasteiger partial charge in [0.1, 0.15) is 5.82 Å². The Morgan fingerprint density at radius 3 is 2.41 bits per heavy atom. The van der Waals surface area contributed by atoms with E-state index in [0.717, 1.165) is 12.0 Å². The van der Waals surface area contributed by atoms with Gasteiger partial charge in [0.15, 0.2) is 0 Å². The predicted molar refractivity (Wildman–Crippen MR) is 64.3 cm³/mol. The Morgan fingerprint density at radius 2 is 1.94 bits per heavy atom. The summed E-state index contributed by atoms with van der Waals surface area (Å²) in [5.74, 6) is -1.03. The van der Waals surface area contributed by atoms with E-state index in [1.807, 2.05) is 19.0 Å². The van der Waals surface area contributed by atoms with Crippen LogP contribution in [0.5, 0.6) is 0 Å². The Balaban J connectivity index is 2.65. The first-order valence-electron chi connectivity index (χ1n) is 5.64. The third kappa shape index (κ3) is 4.53. The van der Waals surface area contributed by atoms with Crippen molar-refractivity contribution in [3.05, 3.63) is 35.6 Å². The fraction of sp³-hybridized carbons (Fsp3) is 0.462. The number of benzene rings is 1. The van der Waals surface area contributed by atoms with Gasteiger partial charge in [-0.2, -0.15) is 0 Å². The zero-order valence-electron chi connectivity index (χ0n) is 10.2. The normalized spacial score (nSPS) is 12.7. The van der Waals surface area contributed by atoms with Crippen LogP contribution in [0.25, 0.3) is 0 Å². The Hall–Kier alpha value is -1.42. The smallest absolute Gasteiger partial charge is 0.303 e. The van der Waals surface area contributed by atoms with Crippen molar-refractivity contribution in [2.75, 3.05) is 14.1 Å². The van der Waals surface area contributed by atoms with E-state index >= 15 is 0 Å². The third-order valence-corrected chi connectivity index (χ3v) is 2.75. The van der Waals surface area contributed by atoms with Gasteiger partial charge >= 0.3 is 5.97 Å². The molecule has 1 rings (SSSR count). The Morgan fingerprint density at radius 1 is 1.35 bits per heavy atom. The largest absolute Gasteiger partial charge is 0.481 e. The van der Waals surface area contributed by atoms with E-state index < -0.39 is 5.97 Å². The van der Waals surface area contributed by atoms with Crippen LogP contribution in [-0.2, 0) is 4.79 Å². The summed E-state index contributed by atoms with van der Waals surface area (Å²) in [6.45, 7) is 0. The predicted octanol–water partition coefficient (Wildman–Crippen LogP) is 2.68. The van der Waals surface area contributed by atoms with Gasteiger partial charge in [0, 0.05) is 12.5 Å². The highest BCUT2D eigenvalue weighted by atomic mass is 19.1. The van der Waals surface area contributed by atoms with E-state index in [2.05, 4.69) is 0 Å². The van der Waals surface area contributed by atoms with Crippen LogP contribution < -0.4 is 0 Å². The monoisotopic (exact) mass is 239 g/mol. The van der Waals surface area contributed by atoms with E-state index in [0.29, 0.717) is 6.42 Å². The Labute approximate surface area is 101 Å². The number of carboxylic acid groups (broad SMARTS) is 1. The summed E-state index contributed by atoms with van der Waals surface area (Å²) in [6, 6.07) is 6.50. The van der Waals surface area contributed by atoms with Crippen molar-refractivity contribution in [3.63, 3.8) is 0 Å². The highest BCUT2D eigenvalue weighted by Gasteiger charge is 2.14. The molecule has 0 aliphatic rings. The second-order valence-corrected chi connectivity index (χ2v) is 4.32. The Kier molecular flexibility index (Phi) is 5.10. The minimum absolute atomic E-state index is 0.134. The van der Waals surface area contributed by atoms with Crippen LogP contribution in [0.15, 0.2) is 24.3 Å². The maximum atomic E-state index is 12.8. The average molecular weight is 239 g/mol. The van der Waals surface area contributed by atoms with Gasteiger partial charge in [0.25, 0.3) is 0 Å². The SMILES string of the molecule is CN(C)C(CCCC(=O)O)c1ccc(F)cc1. The number of rotatable bonds is 6. The summed E-state index contributed by atoms with van der Waals surface area (Å²) in [7, 11) is 3.88. The van der Waals surface area contributed by atoms with Crippen molar-refractivity contribution in [3.8, 4) is 0 Å². The first kappa shape index (κ1) is 13.6. The maximum Gasteiger partial charge on any atom is 0.303 e. The Bertz CT molecular complexity index is 362. The molecular weight excluding hydrogens is 221 g/mol. The van der Waals surface area contributed by atoms with Crippen molar-refractivity contribution >= 4 is 5.97 Å². The number of aliphatic carboxylic acids is 1. The molecule has 1 unspecified atom stereocenters. The lowest BCUT2D eigenvalue weighted by Gasteiger charge is -2.24. The lowest BCUT2D eigenvalue weighted by Crippen LogP contribution is -2.20. The van der Waals surface area contributed by atoms with Gasteiger partial charge in [-0.15, -0.1) is 0 Å². The second kappa shape index (κ2) is 6.35. The van der Waals surface area contributed by atoms with Gasteiger partial charge in [-0.05, 0) is 44.6 Å². The molecule has 1 atom stereocenters. The molecule has 0 bridgehead atoms. The van der Waals surface area contributed by atoms with Crippen LogP contribution in [0.1, 0.15) is 30.9 Å². The van der Waals surface area contributed by atoms with Gasteiger partial charge in [-0.3, -0.25) is 4.79 Å². The molecule has 0 heterocycles. The summed E-state index contributed by atoms with van der Waals surface area (Å²) in [4.78, 5) is 12.5. The molecule has 1 aromatic rings. The molecule has 0 spiro atoms. The van der Waals surface area contributed by atoms with Crippen molar-refractivity contribution in [2.45, 2.75) is 25.3 Å². The maximum absolute atomic E-state index is 12.8. The molecule has 3 nitrogen and oxygen atoms in total. The third-order valence-electron chi connectivity index (χ3n) is 2.75. The first-order chi connectivity index (χ1) is 8.00. The van der Waals surface area contributed by atoms with Gasteiger partial charge in [0.05, 0.1) is 0 Å². The van der Waals surface area contributed by atoms with Gasteiger partial charge in [-0.1, -0.05) is 12.1 Å². The topological polar surface area (TPSA) is 40.5 Å². The summed E-state index contributed by atoms with van der Waals surface area (Å²) >= 11 is 0. The molecule has 0 amide bonds. The molecule has 94 valence electrons. The van der Waals surface area contributed by atoms with Crippen molar-refractivity contribution < 1.29 is 14.3 Å². The summed E-state index contributed by atoms with van der Waals surface area (Å²) in [5.41, 5.74) is 1.02. The van der Waals surface area contributed by atoms with Crippen LogP contribution in [0.2, 0.25) is 0 Å². The van der Waals surface area contributed by atoms with Crippen molar-refractivity contribution in [1.82, 2.24) is 4.90 Å². The zero-order chi connectivity index (χ0) is 12.8. The van der Waals surface area contributed by atoms with Crippen molar-refractivity contribution in [2.24, 2.45) is 0 Å². The fourth-order valence-electron chi connectivity index (χ4n) is 1.85. The fourth-order valence-corrected chi connectivity index (χ4v) is 1.85. The first-order valence-corrected chi connectivity index (χ1v) is 5.64. The van der Waals surface area contributed by atoms with E-state index in [4.69, 9.17) is 5.11 Å². The van der Waals surface area contributed by atoms with Crippen LogP contribution in [-0.4, -0.2) is 30.1 Å². The molecule has 4 heteroatoms. The number of carboxylic acids is 1. The minimum Gasteiger partial charge on any atom is -0.481 e. The van der Waals surface area contributed by atoms with Crippen LogP contribution in [0, 0.1) is 5.82 Å².